The van der Waals surface area contributed by atoms with Crippen molar-refractivity contribution in [2.75, 3.05) is 0 Å². The molecule has 10 rings (SSSR count). The molecule has 7 aromatic carbocycles. The second-order valence-electron chi connectivity index (χ2n) is 13.9. The number of para-hydroxylation sites is 2. The maximum atomic E-state index is 6.44. The molecule has 0 saturated carbocycles. The minimum absolute atomic E-state index is 0.632. The summed E-state index contributed by atoms with van der Waals surface area (Å²) in [5.41, 5.74) is 11.7. The largest absolute Gasteiger partial charge is 0.456 e. The van der Waals surface area contributed by atoms with Gasteiger partial charge in [-0.3, -0.25) is 0 Å². The third kappa shape index (κ3) is 5.53. The number of benzene rings is 7. The van der Waals surface area contributed by atoms with Gasteiger partial charge in [-0.05, 0) is 72.0 Å². The summed E-state index contributed by atoms with van der Waals surface area (Å²) in [7, 11) is 0. The molecular formula is C49H36N4O. The van der Waals surface area contributed by atoms with E-state index in [2.05, 4.69) is 115 Å². The summed E-state index contributed by atoms with van der Waals surface area (Å²) >= 11 is 0. The number of rotatable bonds is 8. The molecule has 0 spiro atoms. The van der Waals surface area contributed by atoms with Crippen LogP contribution in [0.25, 0.3) is 94.7 Å². The number of furan rings is 1. The van der Waals surface area contributed by atoms with Gasteiger partial charge in [-0.25, -0.2) is 15.0 Å². The van der Waals surface area contributed by atoms with Gasteiger partial charge in [0, 0.05) is 43.9 Å². The van der Waals surface area contributed by atoms with Crippen molar-refractivity contribution in [1.82, 2.24) is 19.5 Å². The van der Waals surface area contributed by atoms with Crippen LogP contribution in [0.1, 0.15) is 25.3 Å². The van der Waals surface area contributed by atoms with Crippen LogP contribution in [0.4, 0.5) is 0 Å². The average Bonchev–Trinajstić information content (AvgIpc) is 3.79. The first-order valence-electron chi connectivity index (χ1n) is 18.7. The lowest BCUT2D eigenvalue weighted by molar-refractivity contribution is 0.658. The minimum atomic E-state index is 0.632. The number of nitrogens with zero attached hydrogens (tertiary/aromatic N) is 4. The quantitative estimate of drug-likeness (QED) is 0.159. The van der Waals surface area contributed by atoms with Crippen molar-refractivity contribution in [3.8, 4) is 51.0 Å². The smallest absolute Gasteiger partial charge is 0.164 e. The van der Waals surface area contributed by atoms with E-state index >= 15 is 0 Å². The molecule has 0 radical (unpaired) electrons. The first-order valence-corrected chi connectivity index (χ1v) is 18.7. The summed E-state index contributed by atoms with van der Waals surface area (Å²) in [6, 6.07) is 57.3. The Kier molecular flexibility index (Phi) is 7.84. The van der Waals surface area contributed by atoms with Crippen molar-refractivity contribution in [2.45, 2.75) is 26.2 Å². The fourth-order valence-electron chi connectivity index (χ4n) is 7.75. The molecule has 0 unspecified atom stereocenters. The van der Waals surface area contributed by atoms with Crippen molar-refractivity contribution >= 4 is 43.7 Å². The lowest BCUT2D eigenvalue weighted by atomic mass is 9.99. The van der Waals surface area contributed by atoms with Gasteiger partial charge in [0.05, 0.1) is 11.0 Å². The van der Waals surface area contributed by atoms with Crippen molar-refractivity contribution in [1.29, 1.82) is 0 Å². The van der Waals surface area contributed by atoms with Crippen LogP contribution in [0.15, 0.2) is 168 Å². The summed E-state index contributed by atoms with van der Waals surface area (Å²) in [5, 5.41) is 4.74. The first kappa shape index (κ1) is 31.9. The van der Waals surface area contributed by atoms with Crippen LogP contribution in [0.5, 0.6) is 0 Å². The molecule has 0 fully saturated rings. The van der Waals surface area contributed by atoms with E-state index in [-0.39, 0.29) is 0 Å². The summed E-state index contributed by atoms with van der Waals surface area (Å²) in [6.07, 6.45) is 3.35. The molecule has 0 bridgehead atoms. The van der Waals surface area contributed by atoms with Crippen molar-refractivity contribution in [3.05, 3.63) is 169 Å². The van der Waals surface area contributed by atoms with Gasteiger partial charge in [-0.2, -0.15) is 0 Å². The van der Waals surface area contributed by atoms with E-state index in [1.807, 2.05) is 60.7 Å². The van der Waals surface area contributed by atoms with Crippen LogP contribution in [0.2, 0.25) is 0 Å². The van der Waals surface area contributed by atoms with Crippen molar-refractivity contribution < 1.29 is 4.42 Å². The third-order valence-corrected chi connectivity index (χ3v) is 10.4. The van der Waals surface area contributed by atoms with Crippen LogP contribution in [0.3, 0.4) is 0 Å². The fraction of sp³-hybridized carbons (Fsp3) is 0.0816. The monoisotopic (exact) mass is 696 g/mol. The topological polar surface area (TPSA) is 56.7 Å². The van der Waals surface area contributed by atoms with Crippen LogP contribution >= 0.6 is 0 Å². The maximum Gasteiger partial charge on any atom is 0.164 e. The third-order valence-electron chi connectivity index (χ3n) is 10.4. The number of aromatic nitrogens is 4. The zero-order chi connectivity index (χ0) is 36.0. The predicted octanol–water partition coefficient (Wildman–Crippen LogP) is 12.9. The summed E-state index contributed by atoms with van der Waals surface area (Å²) < 4.78 is 8.78. The van der Waals surface area contributed by atoms with Crippen molar-refractivity contribution in [2.24, 2.45) is 0 Å². The second kappa shape index (κ2) is 13.3. The summed E-state index contributed by atoms with van der Waals surface area (Å²) in [4.78, 5) is 14.9. The molecule has 0 saturated heterocycles. The number of hydrogen-bond acceptors (Lipinski definition) is 4. The Morgan fingerprint density at radius 3 is 1.80 bits per heavy atom. The normalized spacial score (nSPS) is 11.6. The Hall–Kier alpha value is -6.85. The van der Waals surface area contributed by atoms with Gasteiger partial charge in [0.25, 0.3) is 0 Å². The first-order chi connectivity index (χ1) is 26.7. The minimum Gasteiger partial charge on any atom is -0.456 e. The van der Waals surface area contributed by atoms with Gasteiger partial charge in [-0.1, -0.05) is 135 Å². The van der Waals surface area contributed by atoms with E-state index < -0.39 is 0 Å². The highest BCUT2D eigenvalue weighted by Gasteiger charge is 2.17. The van der Waals surface area contributed by atoms with Crippen LogP contribution in [-0.2, 0) is 6.42 Å². The molecule has 3 heterocycles. The molecule has 10 aromatic rings. The maximum absolute atomic E-state index is 6.44. The van der Waals surface area contributed by atoms with Gasteiger partial charge in [-0.15, -0.1) is 0 Å². The number of unbranched alkanes of at least 4 members (excludes halogenated alkanes) is 1. The molecule has 0 aliphatic carbocycles. The molecule has 0 amide bonds. The van der Waals surface area contributed by atoms with Gasteiger partial charge in [0.1, 0.15) is 11.2 Å². The SMILES string of the molecule is CCCCc1cccc2c1oc1ccc(-c3ccc4c(c3)c3ccccc3n4-c3cccc(-c4nc(-c5ccccc5)nc(-c5ccccc5)n4)c3)cc12. The highest BCUT2D eigenvalue weighted by molar-refractivity contribution is 6.11. The van der Waals surface area contributed by atoms with E-state index in [0.717, 1.165) is 69.2 Å². The van der Waals surface area contributed by atoms with Gasteiger partial charge in [0.15, 0.2) is 17.5 Å². The molecule has 5 nitrogen and oxygen atoms in total. The molecular weight excluding hydrogens is 661 g/mol. The Labute approximate surface area is 313 Å². The van der Waals surface area contributed by atoms with Gasteiger partial charge < -0.3 is 8.98 Å². The average molecular weight is 697 g/mol. The van der Waals surface area contributed by atoms with E-state index in [1.54, 1.807) is 0 Å². The van der Waals surface area contributed by atoms with Gasteiger partial charge >= 0.3 is 0 Å². The summed E-state index contributed by atoms with van der Waals surface area (Å²) in [5.74, 6) is 1.92. The summed E-state index contributed by atoms with van der Waals surface area (Å²) in [6.45, 7) is 2.23. The molecule has 0 aliphatic heterocycles. The Morgan fingerprint density at radius 1 is 0.463 bits per heavy atom. The van der Waals surface area contributed by atoms with Crippen molar-refractivity contribution in [3.63, 3.8) is 0 Å². The van der Waals surface area contributed by atoms with E-state index in [9.17, 15) is 0 Å². The molecule has 0 N–H and O–H groups in total. The second-order valence-corrected chi connectivity index (χ2v) is 13.9. The van der Waals surface area contributed by atoms with Crippen LogP contribution in [-0.4, -0.2) is 19.5 Å². The van der Waals surface area contributed by atoms with Gasteiger partial charge in [0.2, 0.25) is 0 Å². The Bertz CT molecular complexity index is 2920. The molecule has 5 heteroatoms. The van der Waals surface area contributed by atoms with Crippen LogP contribution in [0, 0.1) is 0 Å². The Balaban J connectivity index is 1.09. The zero-order valence-corrected chi connectivity index (χ0v) is 29.9. The highest BCUT2D eigenvalue weighted by atomic mass is 16.3. The number of aryl methyl sites for hydroxylation is 1. The lowest BCUT2D eigenvalue weighted by Crippen LogP contribution is -2.01. The van der Waals surface area contributed by atoms with Crippen LogP contribution < -0.4 is 0 Å². The van der Waals surface area contributed by atoms with E-state index in [1.165, 1.54) is 32.8 Å². The number of hydrogen-bond donors (Lipinski definition) is 0. The van der Waals surface area contributed by atoms with E-state index in [0.29, 0.717) is 17.5 Å². The molecule has 54 heavy (non-hydrogen) atoms. The number of fused-ring (bicyclic) bond motifs is 6. The lowest BCUT2D eigenvalue weighted by Gasteiger charge is -2.12. The fourth-order valence-corrected chi connectivity index (χ4v) is 7.75. The molecule has 0 aliphatic rings. The molecule has 3 aromatic heterocycles. The molecule has 0 atom stereocenters. The standard InChI is InChI=1S/C49H36N4O/c1-2-3-14-32-19-13-23-40-42-31-36(26-28-45(42)54-46(32)40)35-25-27-44-41(30-35)39-22-10-11-24-43(39)53(44)38-21-12-20-37(29-38)49-51-47(33-15-6-4-7-16-33)50-48(52-49)34-17-8-5-9-18-34/h4-13,15-31H,2-3,14H2,1H3. The molecule has 258 valence electrons. The Morgan fingerprint density at radius 2 is 1.06 bits per heavy atom. The zero-order valence-electron chi connectivity index (χ0n) is 29.9. The van der Waals surface area contributed by atoms with E-state index in [4.69, 9.17) is 19.4 Å². The predicted molar refractivity (Wildman–Crippen MR) is 222 cm³/mol. The highest BCUT2D eigenvalue weighted by Crippen LogP contribution is 2.38.